The molecule has 0 aliphatic carbocycles. The molecule has 0 N–H and O–H groups in total. The van der Waals surface area contributed by atoms with Crippen molar-refractivity contribution in [1.82, 2.24) is 0 Å². The Morgan fingerprint density at radius 3 is 2.00 bits per heavy atom. The third-order valence-corrected chi connectivity index (χ3v) is 0.535. The van der Waals surface area contributed by atoms with Gasteiger partial charge in [-0.3, -0.25) is 0 Å². The quantitative estimate of drug-likeness (QED) is 0.513. The normalized spacial score (nSPS) is 12.0. The van der Waals surface area contributed by atoms with E-state index in [0.29, 0.717) is 0 Å². The van der Waals surface area contributed by atoms with Gasteiger partial charge < -0.3 is 4.74 Å². The first-order valence-electron chi connectivity index (χ1n) is 2.55. The van der Waals surface area contributed by atoms with Gasteiger partial charge in [0, 0.05) is 6.61 Å². The highest BCUT2D eigenvalue weighted by atomic mass is 16.5. The second kappa shape index (κ2) is 2.31. The fraction of sp³-hybridized carbons (Fsp3) is 0.833. The van der Waals surface area contributed by atoms with Crippen LogP contribution in [-0.2, 0) is 4.74 Å². The monoisotopic (exact) mass is 101 g/mol. The van der Waals surface area contributed by atoms with Crippen LogP contribution in [0.25, 0.3) is 0 Å². The SMILES string of the molecule is [CH2]C(C)(C)OCC. The van der Waals surface area contributed by atoms with Gasteiger partial charge in [-0.15, -0.1) is 0 Å². The molecule has 0 unspecified atom stereocenters. The molecule has 0 aromatic rings. The fourth-order valence-corrected chi connectivity index (χ4v) is 0.391. The molecule has 1 heteroatoms. The Balaban J connectivity index is 3.15. The fourth-order valence-electron chi connectivity index (χ4n) is 0.391. The molecule has 0 saturated carbocycles. The Kier molecular flexibility index (Phi) is 2.30. The molecule has 0 amide bonds. The van der Waals surface area contributed by atoms with Gasteiger partial charge in [-0.2, -0.15) is 0 Å². The molecule has 0 atom stereocenters. The van der Waals surface area contributed by atoms with Crippen LogP contribution in [0.4, 0.5) is 0 Å². The summed E-state index contributed by atoms with van der Waals surface area (Å²) in [6.07, 6.45) is 0. The third kappa shape index (κ3) is 5.96. The maximum absolute atomic E-state index is 5.12. The molecule has 0 aliphatic rings. The Bertz CT molecular complexity index is 42.6. The van der Waals surface area contributed by atoms with E-state index in [9.17, 15) is 0 Å². The molecular weight excluding hydrogens is 88.1 g/mol. The Morgan fingerprint density at radius 2 is 2.00 bits per heavy atom. The van der Waals surface area contributed by atoms with Crippen molar-refractivity contribution < 1.29 is 4.74 Å². The molecule has 43 valence electrons. The van der Waals surface area contributed by atoms with Crippen molar-refractivity contribution in [3.8, 4) is 0 Å². The van der Waals surface area contributed by atoms with Gasteiger partial charge in [0.1, 0.15) is 0 Å². The number of ether oxygens (including phenoxy) is 1. The van der Waals surface area contributed by atoms with Crippen LogP contribution in [0.3, 0.4) is 0 Å². The number of hydrogen-bond acceptors (Lipinski definition) is 1. The zero-order chi connectivity index (χ0) is 5.91. The van der Waals surface area contributed by atoms with Crippen LogP contribution in [0.15, 0.2) is 0 Å². The molecule has 0 bridgehead atoms. The molecule has 0 aromatic carbocycles. The van der Waals surface area contributed by atoms with E-state index in [4.69, 9.17) is 4.74 Å². The average Bonchev–Trinajstić information content (AvgIpc) is 1.30. The second-order valence-electron chi connectivity index (χ2n) is 2.19. The van der Waals surface area contributed by atoms with E-state index in [1.807, 2.05) is 20.8 Å². The molecule has 0 heterocycles. The Morgan fingerprint density at radius 1 is 1.57 bits per heavy atom. The maximum atomic E-state index is 5.12. The highest BCUT2D eigenvalue weighted by molar-refractivity contribution is 4.69. The lowest BCUT2D eigenvalue weighted by Crippen LogP contribution is -2.18. The minimum atomic E-state index is -0.200. The third-order valence-electron chi connectivity index (χ3n) is 0.535. The van der Waals surface area contributed by atoms with Gasteiger partial charge in [0.2, 0.25) is 0 Å². The van der Waals surface area contributed by atoms with Crippen molar-refractivity contribution in [2.45, 2.75) is 26.4 Å². The van der Waals surface area contributed by atoms with Gasteiger partial charge in [-0.05, 0) is 27.7 Å². The van der Waals surface area contributed by atoms with Gasteiger partial charge in [-0.25, -0.2) is 0 Å². The van der Waals surface area contributed by atoms with Crippen molar-refractivity contribution in [1.29, 1.82) is 0 Å². The molecule has 1 radical (unpaired) electrons. The number of hydrogen-bond donors (Lipinski definition) is 0. The molecule has 0 spiro atoms. The van der Waals surface area contributed by atoms with E-state index in [2.05, 4.69) is 6.92 Å². The van der Waals surface area contributed by atoms with Crippen LogP contribution in [-0.4, -0.2) is 12.2 Å². The Labute approximate surface area is 45.7 Å². The summed E-state index contributed by atoms with van der Waals surface area (Å²) in [5, 5.41) is 0. The lowest BCUT2D eigenvalue weighted by Gasteiger charge is -2.16. The molecule has 0 aliphatic heterocycles. The van der Waals surface area contributed by atoms with E-state index in [1.54, 1.807) is 0 Å². The first-order chi connectivity index (χ1) is 3.06. The first kappa shape index (κ1) is 6.96. The largest absolute Gasteiger partial charge is 0.376 e. The van der Waals surface area contributed by atoms with E-state index in [1.165, 1.54) is 0 Å². The van der Waals surface area contributed by atoms with Gasteiger partial charge in [0.05, 0.1) is 5.60 Å². The van der Waals surface area contributed by atoms with Crippen molar-refractivity contribution in [3.63, 3.8) is 0 Å². The number of rotatable bonds is 2. The summed E-state index contributed by atoms with van der Waals surface area (Å²) in [4.78, 5) is 0. The van der Waals surface area contributed by atoms with Crippen molar-refractivity contribution in [2.75, 3.05) is 6.61 Å². The highest BCUT2D eigenvalue weighted by Crippen LogP contribution is 2.03. The van der Waals surface area contributed by atoms with Gasteiger partial charge in [-0.1, -0.05) is 0 Å². The van der Waals surface area contributed by atoms with Crippen molar-refractivity contribution in [2.24, 2.45) is 0 Å². The molecule has 0 aromatic heterocycles. The zero-order valence-corrected chi connectivity index (χ0v) is 5.32. The lowest BCUT2D eigenvalue weighted by atomic mass is 10.2. The predicted molar refractivity (Wildman–Crippen MR) is 31.1 cm³/mol. The molecule has 0 fully saturated rings. The summed E-state index contributed by atoms with van der Waals surface area (Å²) in [5.74, 6) is 0. The van der Waals surface area contributed by atoms with E-state index < -0.39 is 0 Å². The minimum Gasteiger partial charge on any atom is -0.376 e. The molecular formula is C6H13O. The Hall–Kier alpha value is -0.0400. The standard InChI is InChI=1S/C6H13O/c1-5-7-6(2,3)4/h2,5H2,1,3-4H3. The lowest BCUT2D eigenvalue weighted by molar-refractivity contribution is 0.0262. The van der Waals surface area contributed by atoms with Crippen LogP contribution in [0.1, 0.15) is 20.8 Å². The van der Waals surface area contributed by atoms with Crippen LogP contribution in [0, 0.1) is 6.92 Å². The summed E-state index contributed by atoms with van der Waals surface area (Å²) < 4.78 is 5.12. The molecule has 1 nitrogen and oxygen atoms in total. The second-order valence-corrected chi connectivity index (χ2v) is 2.19. The zero-order valence-electron chi connectivity index (χ0n) is 5.32. The van der Waals surface area contributed by atoms with Gasteiger partial charge >= 0.3 is 0 Å². The summed E-state index contributed by atoms with van der Waals surface area (Å²) in [5.41, 5.74) is -0.200. The topological polar surface area (TPSA) is 9.23 Å². The maximum Gasteiger partial charge on any atom is 0.0627 e. The predicted octanol–water partition coefficient (Wildman–Crippen LogP) is 1.64. The highest BCUT2D eigenvalue weighted by Gasteiger charge is 2.06. The van der Waals surface area contributed by atoms with E-state index in [-0.39, 0.29) is 5.60 Å². The average molecular weight is 101 g/mol. The van der Waals surface area contributed by atoms with Gasteiger partial charge in [0.15, 0.2) is 0 Å². The van der Waals surface area contributed by atoms with Crippen LogP contribution in [0.2, 0.25) is 0 Å². The first-order valence-corrected chi connectivity index (χ1v) is 2.55. The van der Waals surface area contributed by atoms with Crippen LogP contribution >= 0.6 is 0 Å². The molecule has 7 heavy (non-hydrogen) atoms. The minimum absolute atomic E-state index is 0.200. The van der Waals surface area contributed by atoms with Gasteiger partial charge in [0.25, 0.3) is 0 Å². The van der Waals surface area contributed by atoms with Crippen LogP contribution < -0.4 is 0 Å². The molecule has 0 rings (SSSR count). The summed E-state index contributed by atoms with van der Waals surface area (Å²) in [7, 11) is 0. The van der Waals surface area contributed by atoms with Crippen molar-refractivity contribution >= 4 is 0 Å². The van der Waals surface area contributed by atoms with E-state index >= 15 is 0 Å². The summed E-state index contributed by atoms with van der Waals surface area (Å²) in [6, 6.07) is 0. The molecule has 0 saturated heterocycles. The smallest absolute Gasteiger partial charge is 0.0627 e. The summed E-state index contributed by atoms with van der Waals surface area (Å²) >= 11 is 0. The summed E-state index contributed by atoms with van der Waals surface area (Å²) in [6.45, 7) is 10.3. The van der Waals surface area contributed by atoms with E-state index in [0.717, 1.165) is 6.61 Å². The van der Waals surface area contributed by atoms with Crippen LogP contribution in [0.5, 0.6) is 0 Å². The van der Waals surface area contributed by atoms with Crippen molar-refractivity contribution in [3.05, 3.63) is 6.92 Å².